The Hall–Kier alpha value is -2.32. The molecule has 3 amide bonds. The van der Waals surface area contributed by atoms with Crippen molar-refractivity contribution in [2.75, 3.05) is 26.0 Å². The monoisotopic (exact) mass is 269 g/mol. The van der Waals surface area contributed by atoms with Crippen molar-refractivity contribution in [2.24, 2.45) is 0 Å². The predicted molar refractivity (Wildman–Crippen MR) is 66.3 cm³/mol. The lowest BCUT2D eigenvalue weighted by molar-refractivity contribution is -0.120. The van der Waals surface area contributed by atoms with Crippen molar-refractivity contribution in [1.29, 1.82) is 0 Å². The minimum Gasteiger partial charge on any atom is -0.468 e. The van der Waals surface area contributed by atoms with Crippen LogP contribution in [0.15, 0.2) is 24.3 Å². The summed E-state index contributed by atoms with van der Waals surface area (Å²) < 4.78 is 9.95. The molecule has 0 atom stereocenters. The van der Waals surface area contributed by atoms with E-state index in [-0.39, 0.29) is 13.5 Å². The van der Waals surface area contributed by atoms with Crippen molar-refractivity contribution in [1.82, 2.24) is 10.8 Å². The summed E-state index contributed by atoms with van der Waals surface area (Å²) in [5, 5.41) is 4.94. The summed E-state index contributed by atoms with van der Waals surface area (Å²) >= 11 is 0. The highest BCUT2D eigenvalue weighted by molar-refractivity contribution is 5.89. The van der Waals surface area contributed by atoms with E-state index >= 15 is 0 Å². The normalized spacial score (nSPS) is 9.53. The maximum atomic E-state index is 11.4. The molecule has 8 heteroatoms. The summed E-state index contributed by atoms with van der Waals surface area (Å²) in [6.45, 7) is 0.0218. The van der Waals surface area contributed by atoms with E-state index < -0.39 is 6.03 Å². The highest BCUT2D eigenvalue weighted by atomic mass is 16.7. The molecule has 1 aromatic carbocycles. The van der Waals surface area contributed by atoms with Crippen LogP contribution < -0.4 is 20.9 Å². The van der Waals surface area contributed by atoms with Gasteiger partial charge in [-0.1, -0.05) is 0 Å². The van der Waals surface area contributed by atoms with Gasteiger partial charge in [0.15, 0.2) is 6.79 Å². The van der Waals surface area contributed by atoms with Crippen LogP contribution in [-0.2, 0) is 14.4 Å². The first-order chi connectivity index (χ1) is 9.26. The summed E-state index contributed by atoms with van der Waals surface area (Å²) in [6, 6.07) is 6.28. The second-order valence-electron chi connectivity index (χ2n) is 3.23. The maximum Gasteiger partial charge on any atom is 0.321 e. The van der Waals surface area contributed by atoms with Gasteiger partial charge in [0.2, 0.25) is 6.41 Å². The lowest BCUT2D eigenvalue weighted by Crippen LogP contribution is -2.33. The van der Waals surface area contributed by atoms with E-state index in [0.717, 1.165) is 0 Å². The lowest BCUT2D eigenvalue weighted by Gasteiger charge is -2.08. The molecule has 0 fully saturated rings. The first-order valence-corrected chi connectivity index (χ1v) is 5.34. The van der Waals surface area contributed by atoms with E-state index in [4.69, 9.17) is 9.47 Å². The molecular formula is C11H15N3O5. The standard InChI is InChI=1S/C11H15N3O5/c1-17-8-18-10-4-2-9(3-5-10)14-11(16)12-7-19-13-6-15/h2-6H,7-8H2,1H3,(H,13,15)(H2,12,14,16). The average Bonchev–Trinajstić information content (AvgIpc) is 2.43. The summed E-state index contributed by atoms with van der Waals surface area (Å²) in [6.07, 6.45) is 0.359. The Labute approximate surface area is 110 Å². The molecule has 0 saturated carbocycles. The van der Waals surface area contributed by atoms with E-state index in [1.54, 1.807) is 24.3 Å². The minimum absolute atomic E-state index is 0.139. The maximum absolute atomic E-state index is 11.4. The van der Waals surface area contributed by atoms with Crippen molar-refractivity contribution in [3.8, 4) is 5.75 Å². The van der Waals surface area contributed by atoms with Crippen LogP contribution in [0.25, 0.3) is 0 Å². The molecule has 0 aliphatic carbocycles. The van der Waals surface area contributed by atoms with Gasteiger partial charge >= 0.3 is 6.03 Å². The van der Waals surface area contributed by atoms with E-state index in [9.17, 15) is 9.59 Å². The first kappa shape index (κ1) is 14.7. The summed E-state index contributed by atoms with van der Waals surface area (Å²) in [5.41, 5.74) is 2.53. The van der Waals surface area contributed by atoms with Crippen LogP contribution in [-0.4, -0.2) is 33.1 Å². The second kappa shape index (κ2) is 8.72. The van der Waals surface area contributed by atoms with Crippen molar-refractivity contribution in [3.63, 3.8) is 0 Å². The Morgan fingerprint density at radius 3 is 2.68 bits per heavy atom. The average molecular weight is 269 g/mol. The van der Waals surface area contributed by atoms with Crippen molar-refractivity contribution < 1.29 is 23.9 Å². The number of rotatable bonds is 8. The fraction of sp³-hybridized carbons (Fsp3) is 0.273. The van der Waals surface area contributed by atoms with E-state index in [2.05, 4.69) is 15.5 Å². The number of ether oxygens (including phenoxy) is 2. The van der Waals surface area contributed by atoms with Gasteiger partial charge in [0, 0.05) is 12.8 Å². The first-order valence-electron chi connectivity index (χ1n) is 5.34. The topological polar surface area (TPSA) is 97.9 Å². The molecule has 0 spiro atoms. The predicted octanol–water partition coefficient (Wildman–Crippen LogP) is 0.426. The number of carbonyl (C=O) groups excluding carboxylic acids is 2. The number of amides is 3. The molecule has 0 aliphatic heterocycles. The second-order valence-corrected chi connectivity index (χ2v) is 3.23. The van der Waals surface area contributed by atoms with Gasteiger partial charge in [0.1, 0.15) is 12.5 Å². The molecule has 1 aromatic rings. The quantitative estimate of drug-likeness (QED) is 0.275. The zero-order chi connectivity index (χ0) is 13.9. The summed E-state index contributed by atoms with van der Waals surface area (Å²) in [4.78, 5) is 25.8. The van der Waals surface area contributed by atoms with Crippen LogP contribution in [0.2, 0.25) is 0 Å². The van der Waals surface area contributed by atoms with E-state index in [1.807, 2.05) is 5.48 Å². The Morgan fingerprint density at radius 1 is 1.32 bits per heavy atom. The number of hydrogen-bond acceptors (Lipinski definition) is 5. The van der Waals surface area contributed by atoms with Crippen LogP contribution in [0.1, 0.15) is 0 Å². The fourth-order valence-electron chi connectivity index (χ4n) is 1.11. The molecule has 0 bridgehead atoms. The number of nitrogens with one attached hydrogen (secondary N) is 3. The molecule has 0 saturated heterocycles. The van der Waals surface area contributed by atoms with Gasteiger partial charge in [-0.25, -0.2) is 10.3 Å². The van der Waals surface area contributed by atoms with E-state index in [1.165, 1.54) is 7.11 Å². The third kappa shape index (κ3) is 6.24. The molecule has 0 aromatic heterocycles. The molecule has 19 heavy (non-hydrogen) atoms. The van der Waals surface area contributed by atoms with Gasteiger partial charge in [-0.05, 0) is 24.3 Å². The van der Waals surface area contributed by atoms with Crippen molar-refractivity contribution >= 4 is 18.1 Å². The van der Waals surface area contributed by atoms with Crippen LogP contribution in [0.3, 0.4) is 0 Å². The molecule has 0 unspecified atom stereocenters. The number of benzene rings is 1. The van der Waals surface area contributed by atoms with Crippen LogP contribution >= 0.6 is 0 Å². The van der Waals surface area contributed by atoms with Gasteiger partial charge in [-0.2, -0.15) is 0 Å². The Balaban J connectivity index is 2.31. The zero-order valence-electron chi connectivity index (χ0n) is 10.3. The third-order valence-corrected chi connectivity index (χ3v) is 1.89. The summed E-state index contributed by atoms with van der Waals surface area (Å²) in [7, 11) is 1.53. The smallest absolute Gasteiger partial charge is 0.321 e. The molecule has 3 N–H and O–H groups in total. The molecule has 1 rings (SSSR count). The number of hydrogen-bond donors (Lipinski definition) is 3. The SMILES string of the molecule is COCOc1ccc(NC(=O)NCONC=O)cc1. The van der Waals surface area contributed by atoms with Gasteiger partial charge in [0.25, 0.3) is 0 Å². The largest absolute Gasteiger partial charge is 0.468 e. The molecule has 0 heterocycles. The Kier molecular flexibility index (Phi) is 6.77. The number of urea groups is 1. The molecular weight excluding hydrogens is 254 g/mol. The van der Waals surface area contributed by atoms with Crippen molar-refractivity contribution in [3.05, 3.63) is 24.3 Å². The van der Waals surface area contributed by atoms with Crippen LogP contribution in [0, 0.1) is 0 Å². The molecule has 0 aliphatic rings. The lowest BCUT2D eigenvalue weighted by atomic mass is 10.3. The molecule has 104 valence electrons. The third-order valence-electron chi connectivity index (χ3n) is 1.89. The molecule has 8 nitrogen and oxygen atoms in total. The van der Waals surface area contributed by atoms with Gasteiger partial charge in [0.05, 0.1) is 0 Å². The van der Waals surface area contributed by atoms with E-state index in [0.29, 0.717) is 17.8 Å². The highest BCUT2D eigenvalue weighted by Gasteiger charge is 2.01. The fourth-order valence-corrected chi connectivity index (χ4v) is 1.11. The number of carbonyl (C=O) groups is 2. The van der Waals surface area contributed by atoms with Gasteiger partial charge in [-0.15, -0.1) is 0 Å². The summed E-state index contributed by atoms with van der Waals surface area (Å²) in [5.74, 6) is 0.631. The Morgan fingerprint density at radius 2 is 2.05 bits per heavy atom. The van der Waals surface area contributed by atoms with Crippen molar-refractivity contribution in [2.45, 2.75) is 0 Å². The van der Waals surface area contributed by atoms with Crippen LogP contribution in [0.4, 0.5) is 10.5 Å². The number of anilines is 1. The van der Waals surface area contributed by atoms with Gasteiger partial charge in [-0.3, -0.25) is 9.63 Å². The minimum atomic E-state index is -0.460. The number of hydroxylamine groups is 1. The highest BCUT2D eigenvalue weighted by Crippen LogP contribution is 2.15. The molecule has 0 radical (unpaired) electrons. The van der Waals surface area contributed by atoms with Gasteiger partial charge < -0.3 is 20.1 Å². The van der Waals surface area contributed by atoms with Crippen LogP contribution in [0.5, 0.6) is 5.75 Å². The zero-order valence-corrected chi connectivity index (χ0v) is 10.3. The Bertz CT molecular complexity index is 396. The number of methoxy groups -OCH3 is 1.